The summed E-state index contributed by atoms with van der Waals surface area (Å²) in [6.45, 7) is 1.33. The van der Waals surface area contributed by atoms with Gasteiger partial charge >= 0.3 is 0 Å². The second kappa shape index (κ2) is 9.11. The van der Waals surface area contributed by atoms with Gasteiger partial charge in [-0.3, -0.25) is 9.69 Å². The minimum absolute atomic E-state index is 0.185. The Morgan fingerprint density at radius 1 is 1.10 bits per heavy atom. The van der Waals surface area contributed by atoms with Crippen LogP contribution in [0.15, 0.2) is 47.4 Å². The van der Waals surface area contributed by atoms with Crippen molar-refractivity contribution >= 4 is 42.4 Å². The van der Waals surface area contributed by atoms with Gasteiger partial charge in [-0.25, -0.2) is 13.4 Å². The fraction of sp³-hybridized carbons (Fsp3) is 0.333. The molecule has 3 rings (SSSR count). The third-order valence-corrected chi connectivity index (χ3v) is 6.75. The number of hydrogen-bond donors (Lipinski definition) is 0. The van der Waals surface area contributed by atoms with Gasteiger partial charge in [-0.05, 0) is 69.5 Å². The smallest absolute Gasteiger partial charge is 0.260 e. The van der Waals surface area contributed by atoms with E-state index in [0.29, 0.717) is 17.2 Å². The molecule has 0 aliphatic heterocycles. The standard InChI is InChI=1S/C21H25N3O4S2/c1-23(2)12-5-13-24(20(25)15-6-9-17(10-7-15)30(4,26)27)21-22-18-11-8-16(28-3)14-19(18)29-21/h6-11,14H,5,12-13H2,1-4H3. The van der Waals surface area contributed by atoms with Gasteiger partial charge in [0, 0.05) is 18.4 Å². The first-order valence-electron chi connectivity index (χ1n) is 9.40. The minimum atomic E-state index is -3.32. The molecule has 0 radical (unpaired) electrons. The van der Waals surface area contributed by atoms with Crippen LogP contribution in [-0.4, -0.2) is 64.8 Å². The van der Waals surface area contributed by atoms with Crippen molar-refractivity contribution in [2.75, 3.05) is 45.5 Å². The Hall–Kier alpha value is -2.49. The van der Waals surface area contributed by atoms with Crippen LogP contribution in [0.5, 0.6) is 5.75 Å². The lowest BCUT2D eigenvalue weighted by atomic mass is 10.2. The van der Waals surface area contributed by atoms with E-state index >= 15 is 0 Å². The van der Waals surface area contributed by atoms with Crippen molar-refractivity contribution in [1.29, 1.82) is 0 Å². The molecule has 7 nitrogen and oxygen atoms in total. The van der Waals surface area contributed by atoms with E-state index in [1.165, 1.54) is 23.5 Å². The molecule has 3 aromatic rings. The zero-order valence-corrected chi connectivity index (χ0v) is 19.1. The molecule has 0 spiro atoms. The highest BCUT2D eigenvalue weighted by molar-refractivity contribution is 7.90. The molecule has 0 N–H and O–H groups in total. The van der Waals surface area contributed by atoms with Crippen molar-refractivity contribution in [2.45, 2.75) is 11.3 Å². The van der Waals surface area contributed by atoms with Gasteiger partial charge in [0.1, 0.15) is 5.75 Å². The molecule has 0 aliphatic carbocycles. The Kier molecular flexibility index (Phi) is 6.74. The SMILES string of the molecule is COc1ccc2nc(N(CCCN(C)C)C(=O)c3ccc(S(C)(=O)=O)cc3)sc2c1. The van der Waals surface area contributed by atoms with Crippen molar-refractivity contribution in [3.05, 3.63) is 48.0 Å². The molecule has 1 amide bonds. The molecule has 0 aliphatic rings. The first kappa shape index (κ1) is 22.2. The average molecular weight is 448 g/mol. The Labute approximate surface area is 180 Å². The van der Waals surface area contributed by atoms with Gasteiger partial charge in [-0.15, -0.1) is 0 Å². The maximum atomic E-state index is 13.3. The summed E-state index contributed by atoms with van der Waals surface area (Å²) >= 11 is 1.43. The van der Waals surface area contributed by atoms with Crippen molar-refractivity contribution in [3.8, 4) is 5.75 Å². The van der Waals surface area contributed by atoms with E-state index in [2.05, 4.69) is 9.88 Å². The van der Waals surface area contributed by atoms with Crippen LogP contribution >= 0.6 is 11.3 Å². The van der Waals surface area contributed by atoms with Gasteiger partial charge in [-0.1, -0.05) is 11.3 Å². The summed E-state index contributed by atoms with van der Waals surface area (Å²) in [5, 5.41) is 0.606. The number of carbonyl (C=O) groups is 1. The number of amides is 1. The number of fused-ring (bicyclic) bond motifs is 1. The first-order chi connectivity index (χ1) is 14.2. The molecule has 0 fully saturated rings. The normalized spacial score (nSPS) is 11.8. The summed E-state index contributed by atoms with van der Waals surface area (Å²) in [5.41, 5.74) is 1.22. The number of carbonyl (C=O) groups excluding carboxylic acids is 1. The van der Waals surface area contributed by atoms with Crippen LogP contribution < -0.4 is 9.64 Å². The van der Waals surface area contributed by atoms with E-state index in [9.17, 15) is 13.2 Å². The zero-order chi connectivity index (χ0) is 21.9. The molecule has 160 valence electrons. The van der Waals surface area contributed by atoms with E-state index in [4.69, 9.17) is 4.74 Å². The van der Waals surface area contributed by atoms with Crippen LogP contribution in [0.25, 0.3) is 10.2 Å². The fourth-order valence-electron chi connectivity index (χ4n) is 2.96. The third kappa shape index (κ3) is 5.16. The summed E-state index contributed by atoms with van der Waals surface area (Å²) < 4.78 is 29.6. The van der Waals surface area contributed by atoms with E-state index in [0.717, 1.165) is 35.2 Å². The van der Waals surface area contributed by atoms with Crippen LogP contribution in [0, 0.1) is 0 Å². The van der Waals surface area contributed by atoms with Crippen molar-refractivity contribution in [3.63, 3.8) is 0 Å². The molecule has 30 heavy (non-hydrogen) atoms. The Morgan fingerprint density at radius 2 is 1.80 bits per heavy atom. The highest BCUT2D eigenvalue weighted by Crippen LogP contribution is 2.32. The molecule has 0 unspecified atom stereocenters. The first-order valence-corrected chi connectivity index (χ1v) is 12.1. The highest BCUT2D eigenvalue weighted by Gasteiger charge is 2.22. The van der Waals surface area contributed by atoms with Crippen molar-refractivity contribution < 1.29 is 17.9 Å². The number of sulfone groups is 1. The molecule has 0 saturated carbocycles. The summed E-state index contributed by atoms with van der Waals surface area (Å²) in [7, 11) is 2.27. The number of methoxy groups -OCH3 is 1. The van der Waals surface area contributed by atoms with Gasteiger partial charge in [0.25, 0.3) is 5.91 Å². The number of aromatic nitrogens is 1. The van der Waals surface area contributed by atoms with Crippen LogP contribution in [0.3, 0.4) is 0 Å². The average Bonchev–Trinajstić information content (AvgIpc) is 3.12. The van der Waals surface area contributed by atoms with E-state index in [-0.39, 0.29) is 10.8 Å². The zero-order valence-electron chi connectivity index (χ0n) is 17.5. The van der Waals surface area contributed by atoms with E-state index in [1.807, 2.05) is 32.3 Å². The fourth-order valence-corrected chi connectivity index (χ4v) is 4.61. The predicted octanol–water partition coefficient (Wildman–Crippen LogP) is 3.31. The second-order valence-electron chi connectivity index (χ2n) is 7.24. The molecular weight excluding hydrogens is 422 g/mol. The van der Waals surface area contributed by atoms with Gasteiger partial charge < -0.3 is 9.64 Å². The molecule has 0 bridgehead atoms. The van der Waals surface area contributed by atoms with Crippen molar-refractivity contribution in [2.24, 2.45) is 0 Å². The summed E-state index contributed by atoms with van der Waals surface area (Å²) in [5.74, 6) is 0.527. The minimum Gasteiger partial charge on any atom is -0.497 e. The summed E-state index contributed by atoms with van der Waals surface area (Å²) in [6, 6.07) is 11.6. The molecule has 2 aromatic carbocycles. The topological polar surface area (TPSA) is 79.8 Å². The molecule has 0 saturated heterocycles. The highest BCUT2D eigenvalue weighted by atomic mass is 32.2. The van der Waals surface area contributed by atoms with Crippen LogP contribution in [0.1, 0.15) is 16.8 Å². The lowest BCUT2D eigenvalue weighted by Gasteiger charge is -2.21. The van der Waals surface area contributed by atoms with Gasteiger partial charge in [0.15, 0.2) is 15.0 Å². The van der Waals surface area contributed by atoms with Gasteiger partial charge in [-0.2, -0.15) is 0 Å². The van der Waals surface area contributed by atoms with Crippen molar-refractivity contribution in [1.82, 2.24) is 9.88 Å². The molecule has 0 atom stereocenters. The summed E-state index contributed by atoms with van der Waals surface area (Å²) in [6.07, 6.45) is 1.92. The Balaban J connectivity index is 1.94. The monoisotopic (exact) mass is 447 g/mol. The molecule has 1 heterocycles. The van der Waals surface area contributed by atoms with E-state index < -0.39 is 9.84 Å². The van der Waals surface area contributed by atoms with Crippen LogP contribution in [0.2, 0.25) is 0 Å². The maximum absolute atomic E-state index is 13.3. The number of benzene rings is 2. The largest absolute Gasteiger partial charge is 0.497 e. The maximum Gasteiger partial charge on any atom is 0.260 e. The molecule has 1 aromatic heterocycles. The number of ether oxygens (including phenoxy) is 1. The van der Waals surface area contributed by atoms with Crippen LogP contribution in [0.4, 0.5) is 5.13 Å². The number of thiazole rings is 1. The van der Waals surface area contributed by atoms with E-state index in [1.54, 1.807) is 24.1 Å². The number of nitrogens with zero attached hydrogens (tertiary/aromatic N) is 3. The Morgan fingerprint density at radius 3 is 2.40 bits per heavy atom. The van der Waals surface area contributed by atoms with Crippen LogP contribution in [-0.2, 0) is 9.84 Å². The molecule has 9 heteroatoms. The summed E-state index contributed by atoms with van der Waals surface area (Å²) in [4.78, 5) is 21.8. The lowest BCUT2D eigenvalue weighted by molar-refractivity contribution is 0.0986. The van der Waals surface area contributed by atoms with Gasteiger partial charge in [0.2, 0.25) is 0 Å². The lowest BCUT2D eigenvalue weighted by Crippen LogP contribution is -2.33. The number of rotatable bonds is 8. The number of hydrogen-bond acceptors (Lipinski definition) is 7. The Bertz CT molecular complexity index is 1140. The molecular formula is C21H25N3O4S2. The second-order valence-corrected chi connectivity index (χ2v) is 10.3. The third-order valence-electron chi connectivity index (χ3n) is 4.58. The quantitative estimate of drug-likeness (QED) is 0.527. The predicted molar refractivity (Wildman–Crippen MR) is 121 cm³/mol. The van der Waals surface area contributed by atoms with Gasteiger partial charge in [0.05, 0.1) is 22.2 Å². The number of anilines is 1.